The number of nitrogen functional groups attached to an aromatic ring is 1. The highest BCUT2D eigenvalue weighted by Gasteiger charge is 2.18. The van der Waals surface area contributed by atoms with Gasteiger partial charge in [0.25, 0.3) is 0 Å². The lowest BCUT2D eigenvalue weighted by Crippen LogP contribution is -2.22. The molecular formula is C31H34F2N4O2. The molecule has 3 aromatic rings. The number of amides is 1. The summed E-state index contributed by atoms with van der Waals surface area (Å²) in [5, 5.41) is 10.6. The molecule has 0 aliphatic heterocycles. The van der Waals surface area contributed by atoms with E-state index in [0.717, 1.165) is 22.3 Å². The summed E-state index contributed by atoms with van der Waals surface area (Å²) in [6.07, 6.45) is 3.91. The van der Waals surface area contributed by atoms with Gasteiger partial charge in [0, 0.05) is 33.3 Å². The molecule has 0 saturated carbocycles. The number of nitrogens with two attached hydrogens (primary N) is 1. The van der Waals surface area contributed by atoms with Crippen molar-refractivity contribution in [3.05, 3.63) is 107 Å². The summed E-state index contributed by atoms with van der Waals surface area (Å²) < 4.78 is 34.6. The monoisotopic (exact) mass is 532 g/mol. The van der Waals surface area contributed by atoms with Gasteiger partial charge in [-0.05, 0) is 58.5 Å². The Hall–Kier alpha value is -4.30. The Kier molecular flexibility index (Phi) is 10.5. The van der Waals surface area contributed by atoms with Gasteiger partial charge in [-0.25, -0.2) is 4.39 Å². The zero-order valence-electron chi connectivity index (χ0n) is 22.4. The number of allylic oxidation sites excluding steroid dienone is 1. The van der Waals surface area contributed by atoms with Gasteiger partial charge in [-0.1, -0.05) is 55.5 Å². The summed E-state index contributed by atoms with van der Waals surface area (Å²) in [6, 6.07) is 19.8. The predicted octanol–water partition coefficient (Wildman–Crippen LogP) is 5.68. The SMILES string of the molecule is CC/C(=C(/c1ccc(OCCNC/C=C/C(=O)N(C)C)cc1)c1cc(F)c(N)c(C(=N)F)c1)c1ccccc1. The molecule has 0 aromatic heterocycles. The first kappa shape index (κ1) is 29.3. The number of hydrogen-bond acceptors (Lipinski definition) is 5. The molecule has 204 valence electrons. The Balaban J connectivity index is 1.85. The number of nitrogens with one attached hydrogen (secondary N) is 2. The maximum absolute atomic E-state index is 14.8. The molecule has 0 fully saturated rings. The second kappa shape index (κ2) is 14.0. The highest BCUT2D eigenvalue weighted by molar-refractivity contribution is 6.02. The maximum atomic E-state index is 14.8. The quantitative estimate of drug-likeness (QED) is 0.0920. The van der Waals surface area contributed by atoms with Crippen LogP contribution in [-0.2, 0) is 4.79 Å². The number of halogens is 2. The van der Waals surface area contributed by atoms with Gasteiger partial charge in [0.15, 0.2) is 0 Å². The molecule has 0 atom stereocenters. The van der Waals surface area contributed by atoms with Crippen molar-refractivity contribution in [2.75, 3.05) is 39.5 Å². The van der Waals surface area contributed by atoms with Gasteiger partial charge in [0.1, 0.15) is 18.2 Å². The van der Waals surface area contributed by atoms with E-state index in [-0.39, 0.29) is 17.2 Å². The van der Waals surface area contributed by atoms with Crippen LogP contribution in [0.4, 0.5) is 14.5 Å². The Morgan fingerprint density at radius 3 is 2.36 bits per heavy atom. The first-order chi connectivity index (χ1) is 18.7. The van der Waals surface area contributed by atoms with Crippen molar-refractivity contribution < 1.29 is 18.3 Å². The average Bonchev–Trinajstić information content (AvgIpc) is 2.93. The molecule has 0 radical (unpaired) electrons. The minimum absolute atomic E-state index is 0.0686. The summed E-state index contributed by atoms with van der Waals surface area (Å²) in [7, 11) is 3.40. The number of ether oxygens (including phenoxy) is 1. The minimum Gasteiger partial charge on any atom is -0.492 e. The lowest BCUT2D eigenvalue weighted by Gasteiger charge is -2.18. The third-order valence-electron chi connectivity index (χ3n) is 6.09. The van der Waals surface area contributed by atoms with Crippen LogP contribution in [0, 0.1) is 11.2 Å². The van der Waals surface area contributed by atoms with E-state index in [4.69, 9.17) is 15.9 Å². The summed E-state index contributed by atoms with van der Waals surface area (Å²) in [5.41, 5.74) is 8.89. The van der Waals surface area contributed by atoms with Gasteiger partial charge in [-0.2, -0.15) is 4.39 Å². The molecule has 0 spiro atoms. The fourth-order valence-corrected chi connectivity index (χ4v) is 4.08. The molecule has 0 unspecified atom stereocenters. The fraction of sp³-hybridized carbons (Fsp3) is 0.226. The molecule has 0 heterocycles. The first-order valence-electron chi connectivity index (χ1n) is 12.7. The zero-order chi connectivity index (χ0) is 28.4. The molecule has 4 N–H and O–H groups in total. The van der Waals surface area contributed by atoms with Crippen LogP contribution in [-0.4, -0.2) is 50.6 Å². The molecule has 3 aromatic carbocycles. The van der Waals surface area contributed by atoms with E-state index in [9.17, 15) is 13.6 Å². The highest BCUT2D eigenvalue weighted by Crippen LogP contribution is 2.37. The van der Waals surface area contributed by atoms with E-state index in [2.05, 4.69) is 5.32 Å². The van der Waals surface area contributed by atoms with Crippen molar-refractivity contribution >= 4 is 28.7 Å². The second-order valence-electron chi connectivity index (χ2n) is 9.02. The third kappa shape index (κ3) is 7.85. The summed E-state index contributed by atoms with van der Waals surface area (Å²) in [5.74, 6) is -1.48. The molecular weight excluding hydrogens is 498 g/mol. The summed E-state index contributed by atoms with van der Waals surface area (Å²) in [4.78, 5) is 13.0. The molecule has 0 aliphatic carbocycles. The number of carbonyl (C=O) groups is 1. The van der Waals surface area contributed by atoms with Gasteiger partial charge >= 0.3 is 0 Å². The van der Waals surface area contributed by atoms with E-state index in [1.807, 2.05) is 61.5 Å². The Bertz CT molecular complexity index is 1350. The van der Waals surface area contributed by atoms with Crippen LogP contribution in [0.2, 0.25) is 0 Å². The van der Waals surface area contributed by atoms with Crippen LogP contribution in [0.3, 0.4) is 0 Å². The highest BCUT2D eigenvalue weighted by atomic mass is 19.1. The van der Waals surface area contributed by atoms with Crippen LogP contribution >= 0.6 is 0 Å². The molecule has 0 bridgehead atoms. The van der Waals surface area contributed by atoms with E-state index >= 15 is 0 Å². The van der Waals surface area contributed by atoms with Crippen LogP contribution in [0.1, 0.15) is 35.6 Å². The average molecular weight is 533 g/mol. The van der Waals surface area contributed by atoms with E-state index < -0.39 is 11.8 Å². The predicted molar refractivity (Wildman–Crippen MR) is 154 cm³/mol. The lowest BCUT2D eigenvalue weighted by atomic mass is 9.87. The number of hydrogen-bond donors (Lipinski definition) is 3. The number of nitrogens with zero attached hydrogens (tertiary/aromatic N) is 1. The standard InChI is InChI=1S/C31H34F2N4O2/c1-4-25(21-9-6-5-7-10-21)29(23-19-26(31(33)35)30(34)27(32)20-23)22-12-14-24(15-13-22)39-18-17-36-16-8-11-28(38)37(2)3/h5-15,19-20,35-36H,4,16-18,34H2,1-3H3/b11-8+,29-25+,35-31?. The van der Waals surface area contributed by atoms with Gasteiger partial charge < -0.3 is 20.7 Å². The lowest BCUT2D eigenvalue weighted by molar-refractivity contribution is -0.123. The normalized spacial score (nSPS) is 11.8. The fourth-order valence-electron chi connectivity index (χ4n) is 4.08. The van der Waals surface area contributed by atoms with Crippen molar-refractivity contribution in [1.82, 2.24) is 10.2 Å². The van der Waals surface area contributed by atoms with E-state index in [1.54, 1.807) is 20.2 Å². The largest absolute Gasteiger partial charge is 0.492 e. The maximum Gasteiger partial charge on any atom is 0.245 e. The van der Waals surface area contributed by atoms with Crippen molar-refractivity contribution in [1.29, 1.82) is 5.41 Å². The Morgan fingerprint density at radius 1 is 1.05 bits per heavy atom. The molecule has 6 nitrogen and oxygen atoms in total. The summed E-state index contributed by atoms with van der Waals surface area (Å²) in [6.45, 7) is 3.56. The molecule has 8 heteroatoms. The van der Waals surface area contributed by atoms with Crippen LogP contribution in [0.15, 0.2) is 78.9 Å². The zero-order valence-corrected chi connectivity index (χ0v) is 22.4. The number of benzene rings is 3. The van der Waals surface area contributed by atoms with Crippen molar-refractivity contribution in [3.63, 3.8) is 0 Å². The van der Waals surface area contributed by atoms with E-state index in [1.165, 1.54) is 23.1 Å². The number of rotatable bonds is 12. The van der Waals surface area contributed by atoms with Crippen LogP contribution < -0.4 is 15.8 Å². The Labute approximate surface area is 228 Å². The van der Waals surface area contributed by atoms with Crippen molar-refractivity contribution in [2.45, 2.75) is 13.3 Å². The number of carbonyl (C=O) groups excluding carboxylic acids is 1. The van der Waals surface area contributed by atoms with Crippen LogP contribution in [0.25, 0.3) is 11.1 Å². The van der Waals surface area contributed by atoms with Gasteiger partial charge in [-0.15, -0.1) is 0 Å². The second-order valence-corrected chi connectivity index (χ2v) is 9.02. The molecule has 0 aliphatic rings. The topological polar surface area (TPSA) is 91.4 Å². The molecule has 0 saturated heterocycles. The smallest absolute Gasteiger partial charge is 0.245 e. The minimum atomic E-state index is -1.29. The van der Waals surface area contributed by atoms with Crippen molar-refractivity contribution in [3.8, 4) is 5.75 Å². The van der Waals surface area contributed by atoms with E-state index in [0.29, 0.717) is 37.4 Å². The first-order valence-corrected chi connectivity index (χ1v) is 12.7. The number of likely N-dealkylation sites (N-methyl/N-ethyl adjacent to an activating group) is 1. The van der Waals surface area contributed by atoms with Crippen molar-refractivity contribution in [2.24, 2.45) is 0 Å². The Morgan fingerprint density at radius 2 is 1.74 bits per heavy atom. The summed E-state index contributed by atoms with van der Waals surface area (Å²) >= 11 is 0. The number of anilines is 1. The molecule has 3 rings (SSSR count). The van der Waals surface area contributed by atoms with Crippen LogP contribution in [0.5, 0.6) is 5.75 Å². The molecule has 39 heavy (non-hydrogen) atoms. The van der Waals surface area contributed by atoms with Gasteiger partial charge in [0.05, 0.1) is 11.3 Å². The van der Waals surface area contributed by atoms with Gasteiger partial charge in [0.2, 0.25) is 11.9 Å². The molecule has 1 amide bonds. The van der Waals surface area contributed by atoms with Gasteiger partial charge in [-0.3, -0.25) is 10.2 Å². The third-order valence-corrected chi connectivity index (χ3v) is 6.09.